The van der Waals surface area contributed by atoms with Crippen molar-refractivity contribution in [1.29, 1.82) is 0 Å². The van der Waals surface area contributed by atoms with Crippen LogP contribution < -0.4 is 10.5 Å². The Morgan fingerprint density at radius 2 is 2.05 bits per heavy atom. The molecule has 0 saturated heterocycles. The van der Waals surface area contributed by atoms with E-state index in [1.54, 1.807) is 0 Å². The summed E-state index contributed by atoms with van der Waals surface area (Å²) in [6.07, 6.45) is 4.77. The molecule has 0 radical (unpaired) electrons. The number of benzene rings is 1. The van der Waals surface area contributed by atoms with Crippen molar-refractivity contribution in [1.82, 2.24) is 4.72 Å². The van der Waals surface area contributed by atoms with Crippen LogP contribution in [0.5, 0.6) is 0 Å². The second-order valence-electron chi connectivity index (χ2n) is 5.24. The first-order chi connectivity index (χ1) is 9.55. The normalized spacial score (nSPS) is 16.6. The van der Waals surface area contributed by atoms with Crippen LogP contribution >= 0.6 is 11.8 Å². The molecule has 1 aliphatic rings. The Kier molecular flexibility index (Phi) is 5.74. The van der Waals surface area contributed by atoms with E-state index in [1.807, 2.05) is 24.3 Å². The second-order valence-corrected chi connectivity index (χ2v) is 8.33. The van der Waals surface area contributed by atoms with E-state index in [1.165, 1.54) is 24.6 Å². The maximum absolute atomic E-state index is 11.9. The topological polar surface area (TPSA) is 72.2 Å². The van der Waals surface area contributed by atoms with E-state index >= 15 is 0 Å². The number of anilines is 1. The minimum atomic E-state index is -3.15. The molecular formula is C14H22N2O2S2. The van der Waals surface area contributed by atoms with Gasteiger partial charge < -0.3 is 5.73 Å². The van der Waals surface area contributed by atoms with Crippen molar-refractivity contribution in [2.24, 2.45) is 5.92 Å². The molecule has 1 saturated carbocycles. The number of nitrogens with two attached hydrogens (primary N) is 1. The second kappa shape index (κ2) is 7.33. The molecule has 0 amide bonds. The van der Waals surface area contributed by atoms with Crippen LogP contribution in [0.1, 0.15) is 25.7 Å². The molecule has 0 aliphatic heterocycles. The molecule has 1 aromatic rings. The summed E-state index contributed by atoms with van der Waals surface area (Å²) in [6, 6.07) is 7.51. The third-order valence-corrected chi connectivity index (χ3v) is 6.15. The van der Waals surface area contributed by atoms with Gasteiger partial charge in [0.25, 0.3) is 0 Å². The predicted octanol–water partition coefficient (Wildman–Crippen LogP) is 2.47. The van der Waals surface area contributed by atoms with Crippen LogP contribution in [0.2, 0.25) is 0 Å². The van der Waals surface area contributed by atoms with E-state index in [9.17, 15) is 8.42 Å². The van der Waals surface area contributed by atoms with Gasteiger partial charge in [0.2, 0.25) is 10.0 Å². The summed E-state index contributed by atoms with van der Waals surface area (Å²) in [7, 11) is -3.15. The lowest BCUT2D eigenvalue weighted by atomic mass is 10.1. The van der Waals surface area contributed by atoms with Gasteiger partial charge in [0, 0.05) is 22.9 Å². The highest BCUT2D eigenvalue weighted by molar-refractivity contribution is 8.00. The Bertz CT molecular complexity index is 526. The van der Waals surface area contributed by atoms with Gasteiger partial charge >= 0.3 is 0 Å². The molecule has 3 N–H and O–H groups in total. The third kappa shape index (κ3) is 5.34. The van der Waals surface area contributed by atoms with Crippen LogP contribution in [-0.2, 0) is 10.0 Å². The van der Waals surface area contributed by atoms with Gasteiger partial charge in [-0.1, -0.05) is 18.9 Å². The highest BCUT2D eigenvalue weighted by Crippen LogP contribution is 2.24. The fourth-order valence-corrected chi connectivity index (χ4v) is 4.88. The van der Waals surface area contributed by atoms with E-state index in [0.29, 0.717) is 23.9 Å². The molecule has 2 rings (SSSR count). The number of sulfonamides is 1. The molecule has 0 aromatic heterocycles. The first kappa shape index (κ1) is 15.7. The maximum Gasteiger partial charge on any atom is 0.212 e. The lowest BCUT2D eigenvalue weighted by Crippen LogP contribution is -2.31. The zero-order valence-corrected chi connectivity index (χ0v) is 13.2. The largest absolute Gasteiger partial charge is 0.399 e. The summed E-state index contributed by atoms with van der Waals surface area (Å²) < 4.78 is 26.5. The fraction of sp³-hybridized carbons (Fsp3) is 0.571. The molecule has 0 atom stereocenters. The summed E-state index contributed by atoms with van der Waals surface area (Å²) in [5.41, 5.74) is 6.40. The van der Waals surface area contributed by atoms with Gasteiger partial charge in [-0.2, -0.15) is 0 Å². The quantitative estimate of drug-likeness (QED) is 0.599. The Morgan fingerprint density at radius 3 is 2.75 bits per heavy atom. The predicted molar refractivity (Wildman–Crippen MR) is 85.3 cm³/mol. The lowest BCUT2D eigenvalue weighted by Gasteiger charge is -2.11. The van der Waals surface area contributed by atoms with Gasteiger partial charge in [0.1, 0.15) is 0 Å². The average molecular weight is 314 g/mol. The van der Waals surface area contributed by atoms with E-state index in [4.69, 9.17) is 5.73 Å². The van der Waals surface area contributed by atoms with Crippen molar-refractivity contribution in [2.75, 3.05) is 23.8 Å². The SMILES string of the molecule is Nc1cccc(SCCS(=O)(=O)NCC2CCCC2)c1. The van der Waals surface area contributed by atoms with Crippen molar-refractivity contribution in [2.45, 2.75) is 30.6 Å². The number of hydrogen-bond acceptors (Lipinski definition) is 4. The number of nitrogen functional groups attached to an aromatic ring is 1. The van der Waals surface area contributed by atoms with E-state index in [2.05, 4.69) is 4.72 Å². The highest BCUT2D eigenvalue weighted by Gasteiger charge is 2.18. The van der Waals surface area contributed by atoms with Crippen LogP contribution in [-0.4, -0.2) is 26.5 Å². The van der Waals surface area contributed by atoms with E-state index in [-0.39, 0.29) is 5.75 Å². The monoisotopic (exact) mass is 314 g/mol. The summed E-state index contributed by atoms with van der Waals surface area (Å²) in [5.74, 6) is 1.23. The molecule has 0 heterocycles. The van der Waals surface area contributed by atoms with Crippen LogP contribution in [0.3, 0.4) is 0 Å². The van der Waals surface area contributed by atoms with Crippen molar-refractivity contribution in [3.8, 4) is 0 Å². The Balaban J connectivity index is 1.71. The molecule has 20 heavy (non-hydrogen) atoms. The summed E-state index contributed by atoms with van der Waals surface area (Å²) in [5, 5.41) is 0. The molecular weight excluding hydrogens is 292 g/mol. The lowest BCUT2D eigenvalue weighted by molar-refractivity contribution is 0.520. The van der Waals surface area contributed by atoms with Gasteiger partial charge in [-0.05, 0) is 37.0 Å². The van der Waals surface area contributed by atoms with Gasteiger partial charge in [-0.3, -0.25) is 0 Å². The van der Waals surface area contributed by atoms with Gasteiger partial charge in [-0.15, -0.1) is 11.8 Å². The number of hydrogen-bond donors (Lipinski definition) is 2. The van der Waals surface area contributed by atoms with Crippen LogP contribution in [0, 0.1) is 5.92 Å². The van der Waals surface area contributed by atoms with Crippen LogP contribution in [0.15, 0.2) is 29.2 Å². The Morgan fingerprint density at radius 1 is 1.30 bits per heavy atom. The maximum atomic E-state index is 11.9. The summed E-state index contributed by atoms with van der Waals surface area (Å²) in [6.45, 7) is 0.602. The Labute approximate surface area is 125 Å². The molecule has 0 spiro atoms. The zero-order valence-electron chi connectivity index (χ0n) is 11.5. The molecule has 1 aromatic carbocycles. The van der Waals surface area contributed by atoms with Crippen molar-refractivity contribution in [3.05, 3.63) is 24.3 Å². The summed E-state index contributed by atoms with van der Waals surface area (Å²) >= 11 is 1.52. The number of thioether (sulfide) groups is 1. The molecule has 0 unspecified atom stereocenters. The highest BCUT2D eigenvalue weighted by atomic mass is 32.2. The molecule has 1 aliphatic carbocycles. The minimum Gasteiger partial charge on any atom is -0.399 e. The summed E-state index contributed by atoms with van der Waals surface area (Å²) in [4.78, 5) is 1.01. The van der Waals surface area contributed by atoms with Crippen molar-refractivity contribution < 1.29 is 8.42 Å². The van der Waals surface area contributed by atoms with Gasteiger partial charge in [0.05, 0.1) is 5.75 Å². The first-order valence-electron chi connectivity index (χ1n) is 7.01. The fourth-order valence-electron chi connectivity index (χ4n) is 2.41. The number of rotatable bonds is 7. The van der Waals surface area contributed by atoms with Gasteiger partial charge in [0.15, 0.2) is 0 Å². The molecule has 112 valence electrons. The van der Waals surface area contributed by atoms with Crippen molar-refractivity contribution >= 4 is 27.5 Å². The Hall–Kier alpha value is -0.720. The minimum absolute atomic E-state index is 0.152. The van der Waals surface area contributed by atoms with Crippen LogP contribution in [0.4, 0.5) is 5.69 Å². The molecule has 4 nitrogen and oxygen atoms in total. The molecule has 1 fully saturated rings. The third-order valence-electron chi connectivity index (χ3n) is 3.55. The number of nitrogens with one attached hydrogen (secondary N) is 1. The van der Waals surface area contributed by atoms with Gasteiger partial charge in [-0.25, -0.2) is 13.1 Å². The van der Waals surface area contributed by atoms with Crippen LogP contribution in [0.25, 0.3) is 0 Å². The van der Waals surface area contributed by atoms with E-state index in [0.717, 1.165) is 17.7 Å². The zero-order chi connectivity index (χ0) is 14.4. The average Bonchev–Trinajstić information content (AvgIpc) is 2.89. The standard InChI is InChI=1S/C14H22N2O2S2/c15-13-6-3-7-14(10-13)19-8-9-20(17,18)16-11-12-4-1-2-5-12/h3,6-7,10,12,16H,1-2,4-5,8-9,11,15H2. The smallest absolute Gasteiger partial charge is 0.212 e. The first-order valence-corrected chi connectivity index (χ1v) is 9.65. The van der Waals surface area contributed by atoms with Crippen molar-refractivity contribution in [3.63, 3.8) is 0 Å². The molecule has 0 bridgehead atoms. The van der Waals surface area contributed by atoms with E-state index < -0.39 is 10.0 Å². The molecule has 6 heteroatoms.